The molecule has 0 saturated heterocycles. The Balaban J connectivity index is 2.15. The van der Waals surface area contributed by atoms with E-state index < -0.39 is 6.04 Å². The summed E-state index contributed by atoms with van der Waals surface area (Å²) in [7, 11) is 1.51. The molecule has 0 bridgehead atoms. The van der Waals surface area contributed by atoms with Crippen molar-refractivity contribution >= 4 is 40.4 Å². The van der Waals surface area contributed by atoms with Crippen LogP contribution >= 0.6 is 22.9 Å². The summed E-state index contributed by atoms with van der Waals surface area (Å²) < 4.78 is 5.22. The van der Waals surface area contributed by atoms with E-state index in [1.54, 1.807) is 30.3 Å². The maximum atomic E-state index is 12.6. The highest BCUT2D eigenvalue weighted by Gasteiger charge is 2.25. The zero-order chi connectivity index (χ0) is 17.7. The fraction of sp³-hybridized carbons (Fsp3) is 0.294. The van der Waals surface area contributed by atoms with Crippen molar-refractivity contribution in [3.8, 4) is 5.75 Å². The number of halogens is 1. The van der Waals surface area contributed by atoms with Crippen molar-refractivity contribution in [2.24, 2.45) is 5.92 Å². The smallest absolute Gasteiger partial charge is 0.262 e. The SMILES string of the molecule is COc1ccc(Cl)cc1NC(=O)[C@H](NC(=O)c1cccs1)C(C)C. The molecule has 0 fully saturated rings. The van der Waals surface area contributed by atoms with Gasteiger partial charge in [0, 0.05) is 5.02 Å². The highest BCUT2D eigenvalue weighted by Crippen LogP contribution is 2.28. The quantitative estimate of drug-likeness (QED) is 0.817. The minimum Gasteiger partial charge on any atom is -0.495 e. The molecular weight excluding hydrogens is 348 g/mol. The Labute approximate surface area is 150 Å². The molecule has 7 heteroatoms. The molecule has 2 rings (SSSR count). The third-order valence-corrected chi connectivity index (χ3v) is 4.50. The van der Waals surface area contributed by atoms with Crippen molar-refractivity contribution in [3.63, 3.8) is 0 Å². The predicted octanol–water partition coefficient (Wildman–Crippen LogP) is 3.80. The molecule has 0 aliphatic carbocycles. The molecule has 0 radical (unpaired) electrons. The monoisotopic (exact) mass is 366 g/mol. The van der Waals surface area contributed by atoms with Gasteiger partial charge in [-0.1, -0.05) is 31.5 Å². The van der Waals surface area contributed by atoms with Gasteiger partial charge >= 0.3 is 0 Å². The van der Waals surface area contributed by atoms with Crippen molar-refractivity contribution in [1.29, 1.82) is 0 Å². The Hall–Kier alpha value is -2.05. The van der Waals surface area contributed by atoms with Crippen molar-refractivity contribution in [2.45, 2.75) is 19.9 Å². The fourth-order valence-corrected chi connectivity index (χ4v) is 2.94. The van der Waals surface area contributed by atoms with Gasteiger partial charge in [-0.3, -0.25) is 9.59 Å². The van der Waals surface area contributed by atoms with Crippen LogP contribution in [-0.2, 0) is 4.79 Å². The molecule has 0 unspecified atom stereocenters. The van der Waals surface area contributed by atoms with Crippen LogP contribution in [0.3, 0.4) is 0 Å². The first-order chi connectivity index (χ1) is 11.4. The molecule has 128 valence electrons. The van der Waals surface area contributed by atoms with Crippen LogP contribution in [0, 0.1) is 5.92 Å². The molecule has 1 aromatic carbocycles. The lowest BCUT2D eigenvalue weighted by molar-refractivity contribution is -0.118. The van der Waals surface area contributed by atoms with Crippen LogP contribution in [0.4, 0.5) is 5.69 Å². The van der Waals surface area contributed by atoms with Crippen LogP contribution in [0.5, 0.6) is 5.75 Å². The number of carbonyl (C=O) groups is 2. The summed E-state index contributed by atoms with van der Waals surface area (Å²) in [6.07, 6.45) is 0. The number of hydrogen-bond acceptors (Lipinski definition) is 4. The zero-order valence-corrected chi connectivity index (χ0v) is 15.2. The molecule has 2 aromatic rings. The highest BCUT2D eigenvalue weighted by atomic mass is 35.5. The van der Waals surface area contributed by atoms with Crippen LogP contribution in [0.1, 0.15) is 23.5 Å². The van der Waals surface area contributed by atoms with Gasteiger partial charge in [-0.05, 0) is 35.6 Å². The van der Waals surface area contributed by atoms with Gasteiger partial charge < -0.3 is 15.4 Å². The van der Waals surface area contributed by atoms with E-state index in [0.717, 1.165) is 0 Å². The summed E-state index contributed by atoms with van der Waals surface area (Å²) in [5.74, 6) is -0.175. The van der Waals surface area contributed by atoms with Crippen LogP contribution < -0.4 is 15.4 Å². The van der Waals surface area contributed by atoms with Gasteiger partial charge in [-0.15, -0.1) is 11.3 Å². The van der Waals surface area contributed by atoms with Gasteiger partial charge in [0.25, 0.3) is 5.91 Å². The second-order valence-corrected chi connectivity index (χ2v) is 6.89. The molecule has 2 N–H and O–H groups in total. The highest BCUT2D eigenvalue weighted by molar-refractivity contribution is 7.12. The number of thiophene rings is 1. The van der Waals surface area contributed by atoms with E-state index in [1.807, 2.05) is 19.2 Å². The lowest BCUT2D eigenvalue weighted by Gasteiger charge is -2.22. The van der Waals surface area contributed by atoms with E-state index in [-0.39, 0.29) is 17.7 Å². The van der Waals surface area contributed by atoms with Gasteiger partial charge in [0.15, 0.2) is 0 Å². The van der Waals surface area contributed by atoms with E-state index in [0.29, 0.717) is 21.3 Å². The number of nitrogens with one attached hydrogen (secondary N) is 2. The first-order valence-corrected chi connectivity index (χ1v) is 8.67. The normalized spacial score (nSPS) is 11.9. The molecular formula is C17H19ClN2O3S. The summed E-state index contributed by atoms with van der Waals surface area (Å²) >= 11 is 7.30. The first-order valence-electron chi connectivity index (χ1n) is 7.41. The fourth-order valence-electron chi connectivity index (χ4n) is 2.14. The van der Waals surface area contributed by atoms with E-state index in [4.69, 9.17) is 16.3 Å². The third-order valence-electron chi connectivity index (χ3n) is 3.40. The molecule has 0 spiro atoms. The first kappa shape index (κ1) is 18.3. The lowest BCUT2D eigenvalue weighted by atomic mass is 10.0. The summed E-state index contributed by atoms with van der Waals surface area (Å²) in [4.78, 5) is 25.4. The zero-order valence-electron chi connectivity index (χ0n) is 13.6. The molecule has 24 heavy (non-hydrogen) atoms. The molecule has 0 aliphatic heterocycles. The molecule has 0 aliphatic rings. The molecule has 2 amide bonds. The topological polar surface area (TPSA) is 67.4 Å². The minimum atomic E-state index is -0.678. The van der Waals surface area contributed by atoms with Crippen LogP contribution in [0.25, 0.3) is 0 Å². The number of benzene rings is 1. The van der Waals surface area contributed by atoms with E-state index in [1.165, 1.54) is 18.4 Å². The molecule has 0 saturated carbocycles. The van der Waals surface area contributed by atoms with Gasteiger partial charge in [-0.2, -0.15) is 0 Å². The van der Waals surface area contributed by atoms with Crippen LogP contribution in [0.15, 0.2) is 35.7 Å². The summed E-state index contributed by atoms with van der Waals surface area (Å²) in [5.41, 5.74) is 0.464. The summed E-state index contributed by atoms with van der Waals surface area (Å²) in [6, 6.07) is 7.79. The molecule has 5 nitrogen and oxygen atoms in total. The summed E-state index contributed by atoms with van der Waals surface area (Å²) in [5, 5.41) is 7.85. The lowest BCUT2D eigenvalue weighted by Crippen LogP contribution is -2.47. The maximum absolute atomic E-state index is 12.6. The Morgan fingerprint density at radius 3 is 2.58 bits per heavy atom. The van der Waals surface area contributed by atoms with Crippen molar-refractivity contribution < 1.29 is 14.3 Å². The van der Waals surface area contributed by atoms with E-state index in [2.05, 4.69) is 10.6 Å². The standard InChI is InChI=1S/C17H19ClN2O3S/c1-10(2)15(20-16(21)14-5-4-8-24-14)17(22)19-12-9-11(18)6-7-13(12)23-3/h4-10,15H,1-3H3,(H,19,22)(H,20,21)/t15-/m1/s1. The predicted molar refractivity (Wildman–Crippen MR) is 97.0 cm³/mol. The number of amides is 2. The average Bonchev–Trinajstić information content (AvgIpc) is 3.06. The van der Waals surface area contributed by atoms with Gasteiger partial charge in [0.05, 0.1) is 17.7 Å². The number of anilines is 1. The number of rotatable bonds is 6. The molecule has 1 heterocycles. The Morgan fingerprint density at radius 1 is 1.25 bits per heavy atom. The van der Waals surface area contributed by atoms with E-state index in [9.17, 15) is 9.59 Å². The maximum Gasteiger partial charge on any atom is 0.262 e. The molecule has 1 aromatic heterocycles. The Bertz CT molecular complexity index is 717. The largest absolute Gasteiger partial charge is 0.495 e. The van der Waals surface area contributed by atoms with Crippen molar-refractivity contribution in [1.82, 2.24) is 5.32 Å². The number of carbonyl (C=O) groups excluding carboxylic acids is 2. The Kier molecular flexibility index (Phi) is 6.23. The van der Waals surface area contributed by atoms with Gasteiger partial charge in [0.1, 0.15) is 11.8 Å². The second-order valence-electron chi connectivity index (χ2n) is 5.51. The van der Waals surface area contributed by atoms with Crippen molar-refractivity contribution in [3.05, 3.63) is 45.6 Å². The molecule has 1 atom stereocenters. The van der Waals surface area contributed by atoms with E-state index >= 15 is 0 Å². The third kappa shape index (κ3) is 4.49. The average molecular weight is 367 g/mol. The van der Waals surface area contributed by atoms with Crippen molar-refractivity contribution in [2.75, 3.05) is 12.4 Å². The van der Waals surface area contributed by atoms with Gasteiger partial charge in [0.2, 0.25) is 5.91 Å². The number of methoxy groups -OCH3 is 1. The summed E-state index contributed by atoms with van der Waals surface area (Å²) in [6.45, 7) is 3.74. The second kappa shape index (κ2) is 8.17. The number of hydrogen-bond donors (Lipinski definition) is 2. The Morgan fingerprint density at radius 2 is 2.00 bits per heavy atom. The number of ether oxygens (including phenoxy) is 1. The minimum absolute atomic E-state index is 0.0842. The van der Waals surface area contributed by atoms with Gasteiger partial charge in [-0.25, -0.2) is 0 Å². The van der Waals surface area contributed by atoms with Crippen LogP contribution in [0.2, 0.25) is 5.02 Å². The van der Waals surface area contributed by atoms with Crippen LogP contribution in [-0.4, -0.2) is 25.0 Å².